The smallest absolute Gasteiger partial charge is 0.253 e. The summed E-state index contributed by atoms with van der Waals surface area (Å²) in [6.07, 6.45) is 2.86. The minimum atomic E-state index is -1.95. The van der Waals surface area contributed by atoms with Crippen LogP contribution in [0.2, 0.25) is 0 Å². The predicted molar refractivity (Wildman–Crippen MR) is 353 cm³/mol. The molecule has 23 heteroatoms. The lowest BCUT2D eigenvalue weighted by Crippen LogP contribution is -2.67. The Morgan fingerprint density at radius 2 is 0.978 bits per heavy atom. The summed E-state index contributed by atoms with van der Waals surface area (Å²) in [5.41, 5.74) is -1.59. The average Bonchev–Trinajstić information content (AvgIpc) is 1.40. The van der Waals surface area contributed by atoms with Gasteiger partial charge in [-0.15, -0.1) is 0 Å². The Balaban J connectivity index is 3.15. The molecule has 1 aromatic rings. The van der Waals surface area contributed by atoms with Crippen LogP contribution in [-0.4, -0.2) is 221 Å². The third-order valence-electron chi connectivity index (χ3n) is 17.6. The van der Waals surface area contributed by atoms with Gasteiger partial charge in [-0.3, -0.25) is 52.7 Å². The minimum absolute atomic E-state index is 0.000379. The van der Waals surface area contributed by atoms with Crippen molar-refractivity contribution in [2.45, 2.75) is 222 Å². The summed E-state index contributed by atoms with van der Waals surface area (Å²) < 4.78 is 0. The highest BCUT2D eigenvalue weighted by Crippen LogP contribution is 2.40. The molecular formula is C68H115N11O12. The maximum atomic E-state index is 16.3. The maximum Gasteiger partial charge on any atom is 0.253 e. The first-order chi connectivity index (χ1) is 42.2. The van der Waals surface area contributed by atoms with E-state index in [1.807, 2.05) is 61.5 Å². The molecular weight excluding hydrogens is 1160 g/mol. The van der Waals surface area contributed by atoms with E-state index in [0.29, 0.717) is 5.56 Å². The van der Waals surface area contributed by atoms with Crippen molar-refractivity contribution in [3.8, 4) is 0 Å². The van der Waals surface area contributed by atoms with Gasteiger partial charge in [0.05, 0.1) is 12.6 Å². The fourth-order valence-electron chi connectivity index (χ4n) is 12.0. The molecule has 514 valence electrons. The van der Waals surface area contributed by atoms with Crippen molar-refractivity contribution in [1.29, 1.82) is 0 Å². The zero-order valence-electron chi connectivity index (χ0n) is 59.4. The topological polar surface area (TPSA) is 279 Å². The van der Waals surface area contributed by atoms with Gasteiger partial charge in [-0.1, -0.05) is 139 Å². The Bertz CT molecular complexity index is 2680. The zero-order valence-corrected chi connectivity index (χ0v) is 59.4. The lowest BCUT2D eigenvalue weighted by atomic mass is 9.76. The van der Waals surface area contributed by atoms with Crippen molar-refractivity contribution in [2.24, 2.45) is 41.4 Å². The number of amides is 11. The summed E-state index contributed by atoms with van der Waals surface area (Å²) in [7, 11) is 9.98. The second-order valence-corrected chi connectivity index (χ2v) is 27.6. The second-order valence-electron chi connectivity index (χ2n) is 27.6. The zero-order chi connectivity index (χ0) is 70.0. The van der Waals surface area contributed by atoms with E-state index in [9.17, 15) is 38.7 Å². The summed E-state index contributed by atoms with van der Waals surface area (Å²) in [4.78, 5) is 172. The molecule has 91 heavy (non-hydrogen) atoms. The summed E-state index contributed by atoms with van der Waals surface area (Å²) in [6, 6.07) is -2.84. The molecule has 0 unspecified atom stereocenters. The standard InChI is InChI=1S/C68H115N11O12/c1-25-27-31-45(15)57(81)56-61(85)71-49(26-2)63(87)73(18)38-54(80)74(19)50(34-39(3)4)60(84)72-55(43(11)12)66(90)75(20)51(35-40(5)6)59(83)69-46(16)58(82)70-47(17)62(86)76(21)52(36-41(7)8)64(88)77(22)53(37-42(9)10)65(89)79(24)68(44(13)14,67(91)78(56)23)48-32-29-28-30-33-48/h25,27-30,32-33,39-47,49-53,55-57,81H,26,31,34-38H2,1-24H3,(H,69,83)(H,70,82)(H,71,85)(H,72,84)/b27-25+/t45-,46+,47-,49+,50+,51+,52+,53+,55+,56+,57-,68+/m1/s1. The van der Waals surface area contributed by atoms with Gasteiger partial charge in [-0.05, 0) is 106 Å². The van der Waals surface area contributed by atoms with Crippen molar-refractivity contribution < 1.29 is 57.8 Å². The van der Waals surface area contributed by atoms with E-state index in [-0.39, 0.29) is 62.2 Å². The highest BCUT2D eigenvalue weighted by molar-refractivity contribution is 6.01. The van der Waals surface area contributed by atoms with Crippen LogP contribution in [0.4, 0.5) is 0 Å². The molecule has 23 nitrogen and oxygen atoms in total. The van der Waals surface area contributed by atoms with E-state index < -0.39 is 155 Å². The Morgan fingerprint density at radius 3 is 1.45 bits per heavy atom. The number of carbonyl (C=O) groups is 11. The molecule has 12 atom stereocenters. The molecule has 1 aromatic carbocycles. The number of nitrogens with zero attached hydrogens (tertiary/aromatic N) is 7. The Labute approximate surface area is 543 Å². The number of likely N-dealkylation sites (N-methyl/N-ethyl adjacent to an activating group) is 7. The lowest BCUT2D eigenvalue weighted by Gasteiger charge is -2.49. The first-order valence-corrected chi connectivity index (χ1v) is 32.6. The number of aliphatic hydroxyl groups excluding tert-OH is 1. The SMILES string of the molecule is C/C=C/C[C@@H](C)[C@@H](O)[C@H]1C(=O)N[C@@H](CC)C(=O)N(C)CC(=O)N(C)[C@@H](CC(C)C)C(=O)N[C@@H](C(C)C)C(=O)N(C)[C@@H](CC(C)C)C(=O)N[C@@H](C)C(=O)N[C@H](C)C(=O)N(C)[C@@H](CC(C)C)C(=O)N(C)[C@@H](CC(C)C)C(=O)N(C)[C@](c2ccccc2)(C(C)C)C(=O)N1C. The molecule has 0 aromatic heterocycles. The average molecular weight is 1280 g/mol. The number of benzene rings is 1. The van der Waals surface area contributed by atoms with Crippen LogP contribution < -0.4 is 21.3 Å². The largest absolute Gasteiger partial charge is 0.390 e. The molecule has 1 fully saturated rings. The van der Waals surface area contributed by atoms with Gasteiger partial charge >= 0.3 is 0 Å². The van der Waals surface area contributed by atoms with Gasteiger partial charge in [0.2, 0.25) is 59.1 Å². The Morgan fingerprint density at radius 1 is 0.527 bits per heavy atom. The highest BCUT2D eigenvalue weighted by Gasteiger charge is 2.55. The van der Waals surface area contributed by atoms with E-state index >= 15 is 19.2 Å². The first-order valence-electron chi connectivity index (χ1n) is 32.6. The number of hydrogen-bond donors (Lipinski definition) is 5. The Hall–Kier alpha value is -6.91. The molecule has 2 rings (SSSR count). The van der Waals surface area contributed by atoms with Gasteiger partial charge in [0.1, 0.15) is 59.9 Å². The van der Waals surface area contributed by atoms with Crippen molar-refractivity contribution >= 4 is 65.0 Å². The van der Waals surface area contributed by atoms with Crippen LogP contribution in [0.3, 0.4) is 0 Å². The molecule has 0 saturated carbocycles. The van der Waals surface area contributed by atoms with Gasteiger partial charge in [-0.2, -0.15) is 0 Å². The fourth-order valence-corrected chi connectivity index (χ4v) is 12.0. The molecule has 0 spiro atoms. The molecule has 11 amide bonds. The number of allylic oxidation sites excluding steroid dienone is 2. The van der Waals surface area contributed by atoms with Crippen molar-refractivity contribution in [3.63, 3.8) is 0 Å². The summed E-state index contributed by atoms with van der Waals surface area (Å²) in [6.45, 7) is 29.4. The van der Waals surface area contributed by atoms with Crippen LogP contribution in [0.15, 0.2) is 42.5 Å². The highest BCUT2D eigenvalue weighted by atomic mass is 16.3. The molecule has 0 bridgehead atoms. The van der Waals surface area contributed by atoms with Crippen molar-refractivity contribution in [2.75, 3.05) is 55.9 Å². The molecule has 0 aliphatic carbocycles. The Kier molecular flexibility index (Phi) is 31.5. The fraction of sp³-hybridized carbons (Fsp3) is 0.721. The summed E-state index contributed by atoms with van der Waals surface area (Å²) in [5, 5.41) is 23.5. The predicted octanol–water partition coefficient (Wildman–Crippen LogP) is 4.80. The van der Waals surface area contributed by atoms with E-state index in [0.717, 1.165) is 9.80 Å². The molecule has 0 radical (unpaired) electrons. The third-order valence-corrected chi connectivity index (χ3v) is 17.6. The minimum Gasteiger partial charge on any atom is -0.390 e. The normalized spacial score (nSPS) is 26.7. The van der Waals surface area contributed by atoms with Crippen LogP contribution in [0, 0.1) is 41.4 Å². The number of aliphatic hydroxyl groups is 1. The quantitative estimate of drug-likeness (QED) is 0.140. The van der Waals surface area contributed by atoms with Crippen LogP contribution >= 0.6 is 0 Å². The van der Waals surface area contributed by atoms with Gasteiger partial charge in [0.25, 0.3) is 5.91 Å². The van der Waals surface area contributed by atoms with Gasteiger partial charge in [0.15, 0.2) is 0 Å². The second kappa shape index (κ2) is 35.8. The molecule has 5 N–H and O–H groups in total. The van der Waals surface area contributed by atoms with E-state index in [2.05, 4.69) is 21.3 Å². The maximum absolute atomic E-state index is 16.3. The van der Waals surface area contributed by atoms with Gasteiger partial charge in [-0.25, -0.2) is 0 Å². The molecule has 1 aliphatic rings. The van der Waals surface area contributed by atoms with E-state index in [1.165, 1.54) is 87.7 Å². The summed E-state index contributed by atoms with van der Waals surface area (Å²) >= 11 is 0. The van der Waals surface area contributed by atoms with Crippen LogP contribution in [-0.2, 0) is 58.3 Å². The third kappa shape index (κ3) is 20.5. The van der Waals surface area contributed by atoms with Crippen LogP contribution in [0.1, 0.15) is 162 Å². The molecule has 1 aliphatic heterocycles. The van der Waals surface area contributed by atoms with E-state index in [1.54, 1.807) is 84.9 Å². The molecule has 1 heterocycles. The van der Waals surface area contributed by atoms with Gasteiger partial charge < -0.3 is 60.7 Å². The summed E-state index contributed by atoms with van der Waals surface area (Å²) in [5.74, 6) is -10.2. The lowest BCUT2D eigenvalue weighted by molar-refractivity contribution is -0.166. The monoisotopic (exact) mass is 1280 g/mol. The number of rotatable bonds is 16. The molecule has 1 saturated heterocycles. The van der Waals surface area contributed by atoms with Crippen molar-refractivity contribution in [3.05, 3.63) is 48.0 Å². The van der Waals surface area contributed by atoms with Crippen molar-refractivity contribution in [1.82, 2.24) is 55.6 Å². The van der Waals surface area contributed by atoms with Crippen LogP contribution in [0.5, 0.6) is 0 Å². The van der Waals surface area contributed by atoms with E-state index in [4.69, 9.17) is 0 Å². The number of nitrogens with one attached hydrogen (secondary N) is 4. The van der Waals surface area contributed by atoms with Crippen LogP contribution in [0.25, 0.3) is 0 Å². The van der Waals surface area contributed by atoms with Gasteiger partial charge in [0, 0.05) is 49.3 Å². The number of carbonyl (C=O) groups excluding carboxylic acids is 11. The number of hydrogen-bond acceptors (Lipinski definition) is 12. The first kappa shape index (κ1) is 80.2.